The van der Waals surface area contributed by atoms with Crippen molar-refractivity contribution in [3.05, 3.63) is 35.9 Å². The van der Waals surface area contributed by atoms with Crippen LogP contribution in [-0.2, 0) is 14.1 Å². The molecular weight excluding hydrogens is 454 g/mol. The number of nitrogens with one attached hydrogen (secondary N) is 1. The number of rotatable bonds is 14. The molecule has 6 heteroatoms. The van der Waals surface area contributed by atoms with Crippen molar-refractivity contribution in [3.63, 3.8) is 0 Å². The quantitative estimate of drug-likeness (QED) is 0.266. The van der Waals surface area contributed by atoms with E-state index in [1.165, 1.54) is 56.9 Å². The molecule has 1 fully saturated rings. The summed E-state index contributed by atoms with van der Waals surface area (Å²) in [5, 5.41) is 0. The van der Waals surface area contributed by atoms with Crippen LogP contribution in [0.1, 0.15) is 104 Å². The van der Waals surface area contributed by atoms with E-state index in [2.05, 4.69) is 42.0 Å². The Labute approximate surface area is 206 Å². The third kappa shape index (κ3) is 8.88. The lowest BCUT2D eigenvalue weighted by Crippen LogP contribution is -2.46. The van der Waals surface area contributed by atoms with E-state index in [9.17, 15) is 8.42 Å². The maximum Gasteiger partial charge on any atom is 0.216 e. The first-order chi connectivity index (χ1) is 15.2. The van der Waals surface area contributed by atoms with Gasteiger partial charge >= 0.3 is 0 Å². The van der Waals surface area contributed by atoms with Crippen LogP contribution in [0.2, 0.25) is 0 Å². The zero-order chi connectivity index (χ0) is 23.5. The first-order valence-corrected chi connectivity index (χ1v) is 16.0. The van der Waals surface area contributed by atoms with Gasteiger partial charge in [0.2, 0.25) is 10.0 Å². The van der Waals surface area contributed by atoms with Gasteiger partial charge in [0.05, 0.1) is 8.83 Å². The minimum absolute atomic E-state index is 0.0300. The molecule has 1 heterocycles. The van der Waals surface area contributed by atoms with Gasteiger partial charge in [0, 0.05) is 6.04 Å². The Balaban J connectivity index is 2.07. The molecule has 0 aliphatic carbocycles. The molecule has 1 aliphatic rings. The number of benzene rings is 1. The van der Waals surface area contributed by atoms with Crippen molar-refractivity contribution < 1.29 is 8.42 Å². The summed E-state index contributed by atoms with van der Waals surface area (Å²) in [6.07, 6.45) is 13.1. The van der Waals surface area contributed by atoms with Crippen LogP contribution < -0.4 is 4.72 Å². The number of thioether (sulfide) groups is 2. The van der Waals surface area contributed by atoms with Crippen LogP contribution in [0.25, 0.3) is 0 Å². The van der Waals surface area contributed by atoms with Gasteiger partial charge in [0.25, 0.3) is 0 Å². The topological polar surface area (TPSA) is 46.2 Å². The van der Waals surface area contributed by atoms with Gasteiger partial charge in [-0.15, -0.1) is 23.5 Å². The van der Waals surface area contributed by atoms with E-state index in [4.69, 9.17) is 0 Å². The Morgan fingerprint density at radius 1 is 0.938 bits per heavy atom. The normalized spacial score (nSPS) is 17.9. The third-order valence-electron chi connectivity index (χ3n) is 6.22. The summed E-state index contributed by atoms with van der Waals surface area (Å²) < 4.78 is 28.4. The van der Waals surface area contributed by atoms with Gasteiger partial charge in [-0.05, 0) is 57.1 Å². The highest BCUT2D eigenvalue weighted by Crippen LogP contribution is 2.53. The summed E-state index contributed by atoms with van der Waals surface area (Å²) in [7, 11) is -3.38. The van der Waals surface area contributed by atoms with Crippen molar-refractivity contribution in [2.75, 3.05) is 11.5 Å². The van der Waals surface area contributed by atoms with E-state index in [0.29, 0.717) is 0 Å². The molecular formula is C26H45NO2S3. The van der Waals surface area contributed by atoms with E-state index in [-0.39, 0.29) is 10.1 Å². The average molecular weight is 500 g/mol. The summed E-state index contributed by atoms with van der Waals surface area (Å²) in [4.78, 5) is 0. The maximum absolute atomic E-state index is 13.1. The van der Waals surface area contributed by atoms with Crippen LogP contribution >= 0.6 is 23.5 Å². The average Bonchev–Trinajstić information content (AvgIpc) is 2.76. The van der Waals surface area contributed by atoms with Crippen LogP contribution in [0.15, 0.2) is 30.3 Å². The molecule has 32 heavy (non-hydrogen) atoms. The van der Waals surface area contributed by atoms with Crippen molar-refractivity contribution in [3.8, 4) is 0 Å². The van der Waals surface area contributed by atoms with E-state index in [1.54, 1.807) is 20.8 Å². The molecule has 0 aromatic heterocycles. The third-order valence-corrected chi connectivity index (χ3v) is 11.9. The van der Waals surface area contributed by atoms with Crippen molar-refractivity contribution >= 4 is 33.5 Å². The Morgan fingerprint density at radius 3 is 2.06 bits per heavy atom. The monoisotopic (exact) mass is 499 g/mol. The summed E-state index contributed by atoms with van der Waals surface area (Å²) in [5.74, 6) is 2.27. The second-order valence-corrected chi connectivity index (χ2v) is 15.6. The first-order valence-electron chi connectivity index (χ1n) is 12.6. The first kappa shape index (κ1) is 28.1. The highest BCUT2D eigenvalue weighted by Gasteiger charge is 2.40. The standard InChI is InChI=1S/C26H45NO2S3/c1-5-6-7-8-9-10-11-15-19-24(27-32(28,29)25(2,3)4)22-26(30-20-16-21-31-26)23-17-13-12-14-18-23/h12-14,17-18,24,27H,5-11,15-16,19-22H2,1-4H3/t24-/m0/s1. The van der Waals surface area contributed by atoms with E-state index < -0.39 is 14.8 Å². The molecule has 3 nitrogen and oxygen atoms in total. The lowest BCUT2D eigenvalue weighted by Gasteiger charge is -2.40. The summed E-state index contributed by atoms with van der Waals surface area (Å²) in [6.45, 7) is 7.63. The van der Waals surface area contributed by atoms with Crippen molar-refractivity contribution in [2.45, 2.75) is 113 Å². The zero-order valence-electron chi connectivity index (χ0n) is 20.7. The van der Waals surface area contributed by atoms with Crippen molar-refractivity contribution in [1.29, 1.82) is 0 Å². The SMILES string of the molecule is CCCCCCCCCC[C@@H](CC1(c2ccccc2)SCCCS1)NS(=O)(=O)C(C)(C)C. The van der Waals surface area contributed by atoms with E-state index in [1.807, 2.05) is 23.5 Å². The maximum atomic E-state index is 13.1. The molecule has 0 radical (unpaired) electrons. The predicted molar refractivity (Wildman–Crippen MR) is 145 cm³/mol. The fraction of sp³-hybridized carbons (Fsp3) is 0.769. The lowest BCUT2D eigenvalue weighted by molar-refractivity contribution is 0.452. The van der Waals surface area contributed by atoms with Crippen molar-refractivity contribution in [1.82, 2.24) is 4.72 Å². The van der Waals surface area contributed by atoms with Crippen LogP contribution in [0.3, 0.4) is 0 Å². The van der Waals surface area contributed by atoms with Gasteiger partial charge in [0.15, 0.2) is 0 Å². The minimum Gasteiger partial charge on any atom is -0.212 e. The van der Waals surface area contributed by atoms with Gasteiger partial charge in [-0.2, -0.15) is 0 Å². The number of unbranched alkanes of at least 4 members (excludes halogenated alkanes) is 7. The Morgan fingerprint density at radius 2 is 1.50 bits per heavy atom. The smallest absolute Gasteiger partial charge is 0.212 e. The molecule has 0 bridgehead atoms. The Kier molecular flexibility index (Phi) is 12.0. The van der Waals surface area contributed by atoms with Gasteiger partial charge in [0.1, 0.15) is 0 Å². The number of hydrogen-bond donors (Lipinski definition) is 1. The van der Waals surface area contributed by atoms with E-state index in [0.717, 1.165) is 30.8 Å². The number of hydrogen-bond acceptors (Lipinski definition) is 4. The molecule has 184 valence electrons. The second-order valence-electron chi connectivity index (χ2n) is 10.1. The molecule has 0 saturated carbocycles. The van der Waals surface area contributed by atoms with Gasteiger partial charge in [-0.1, -0.05) is 88.6 Å². The zero-order valence-corrected chi connectivity index (χ0v) is 23.1. The molecule has 2 rings (SSSR count). The van der Waals surface area contributed by atoms with Crippen LogP contribution in [0, 0.1) is 0 Å². The number of sulfonamides is 1. The van der Waals surface area contributed by atoms with Crippen LogP contribution in [-0.4, -0.2) is 30.7 Å². The Hall–Kier alpha value is -0.170. The molecule has 1 atom stereocenters. The predicted octanol–water partition coefficient (Wildman–Crippen LogP) is 7.72. The molecule has 1 saturated heterocycles. The van der Waals surface area contributed by atoms with E-state index >= 15 is 0 Å². The second kappa shape index (κ2) is 13.7. The minimum atomic E-state index is -3.38. The molecule has 1 aromatic carbocycles. The van der Waals surface area contributed by atoms with Gasteiger partial charge in [-0.3, -0.25) is 0 Å². The summed E-state index contributed by atoms with van der Waals surface area (Å²) in [6, 6.07) is 10.7. The fourth-order valence-corrected chi connectivity index (χ4v) is 8.61. The molecule has 0 spiro atoms. The van der Waals surface area contributed by atoms with Crippen LogP contribution in [0.5, 0.6) is 0 Å². The highest BCUT2D eigenvalue weighted by atomic mass is 32.2. The largest absolute Gasteiger partial charge is 0.216 e. The lowest BCUT2D eigenvalue weighted by atomic mass is 9.99. The van der Waals surface area contributed by atoms with Crippen molar-refractivity contribution in [2.24, 2.45) is 0 Å². The highest BCUT2D eigenvalue weighted by molar-refractivity contribution is 8.18. The van der Waals surface area contributed by atoms with Gasteiger partial charge in [-0.25, -0.2) is 13.1 Å². The molecule has 0 amide bonds. The van der Waals surface area contributed by atoms with Gasteiger partial charge < -0.3 is 0 Å². The molecule has 1 aromatic rings. The fourth-order valence-electron chi connectivity index (χ4n) is 4.12. The summed E-state index contributed by atoms with van der Waals surface area (Å²) >= 11 is 4.02. The van der Waals surface area contributed by atoms with Crippen LogP contribution in [0.4, 0.5) is 0 Å². The molecule has 1 N–H and O–H groups in total. The molecule has 1 aliphatic heterocycles. The molecule has 0 unspecified atom stereocenters. The summed E-state index contributed by atoms with van der Waals surface area (Å²) in [5.41, 5.74) is 1.32. The Bertz CT molecular complexity index is 738.